The first-order chi connectivity index (χ1) is 9.86. The molecule has 0 aliphatic carbocycles. The van der Waals surface area contributed by atoms with Gasteiger partial charge in [0.05, 0.1) is 22.6 Å². The highest BCUT2D eigenvalue weighted by molar-refractivity contribution is 7.89. The van der Waals surface area contributed by atoms with E-state index in [2.05, 4.69) is 0 Å². The van der Waals surface area contributed by atoms with Crippen molar-refractivity contribution in [3.05, 3.63) is 29.8 Å². The Balaban J connectivity index is 2.19. The summed E-state index contributed by atoms with van der Waals surface area (Å²) in [6.45, 7) is 0.466. The van der Waals surface area contributed by atoms with Gasteiger partial charge in [0.15, 0.2) is 0 Å². The minimum Gasteiger partial charge on any atom is -0.390 e. The first-order valence-corrected chi connectivity index (χ1v) is 8.15. The SMILES string of the molecule is CN(C)[C@H]1CCN(S(=O)(=O)c2ccc(C#N)cc2)C[C@@H]1O. The van der Waals surface area contributed by atoms with E-state index in [4.69, 9.17) is 5.26 Å². The van der Waals surface area contributed by atoms with E-state index in [1.807, 2.05) is 25.1 Å². The van der Waals surface area contributed by atoms with E-state index < -0.39 is 16.1 Å². The molecule has 1 saturated heterocycles. The first-order valence-electron chi connectivity index (χ1n) is 6.71. The quantitative estimate of drug-likeness (QED) is 0.865. The Morgan fingerprint density at radius 2 is 1.95 bits per heavy atom. The number of hydrogen-bond acceptors (Lipinski definition) is 5. The molecule has 1 aliphatic heterocycles. The van der Waals surface area contributed by atoms with Crippen LogP contribution in [0.3, 0.4) is 0 Å². The molecule has 0 amide bonds. The summed E-state index contributed by atoms with van der Waals surface area (Å²) in [6.07, 6.45) is -0.120. The maximum atomic E-state index is 12.5. The van der Waals surface area contributed by atoms with Gasteiger partial charge in [0.25, 0.3) is 0 Å². The molecular formula is C14H19N3O3S. The fourth-order valence-corrected chi connectivity index (χ4v) is 4.03. The molecule has 2 rings (SSSR count). The average Bonchev–Trinajstić information content (AvgIpc) is 2.46. The number of β-amino-alcohol motifs (C(OH)–C–C–N with tert-alkyl or cyclic N) is 1. The van der Waals surface area contributed by atoms with Crippen LogP contribution in [0.1, 0.15) is 12.0 Å². The number of piperidine rings is 1. The van der Waals surface area contributed by atoms with E-state index in [1.54, 1.807) is 0 Å². The van der Waals surface area contributed by atoms with Crippen LogP contribution >= 0.6 is 0 Å². The Morgan fingerprint density at radius 3 is 2.43 bits per heavy atom. The van der Waals surface area contributed by atoms with E-state index in [-0.39, 0.29) is 17.5 Å². The summed E-state index contributed by atoms with van der Waals surface area (Å²) < 4.78 is 26.4. The van der Waals surface area contributed by atoms with Crippen LogP contribution in [0.4, 0.5) is 0 Å². The Bertz CT molecular complexity index is 634. The zero-order valence-electron chi connectivity index (χ0n) is 12.1. The van der Waals surface area contributed by atoms with E-state index in [1.165, 1.54) is 28.6 Å². The summed E-state index contributed by atoms with van der Waals surface area (Å²) in [5.41, 5.74) is 0.417. The molecule has 0 saturated carbocycles. The maximum absolute atomic E-state index is 12.5. The molecule has 0 aromatic heterocycles. The molecule has 1 heterocycles. The van der Waals surface area contributed by atoms with Crippen LogP contribution in [0.15, 0.2) is 29.2 Å². The molecule has 1 fully saturated rings. The van der Waals surface area contributed by atoms with Crippen molar-refractivity contribution in [2.75, 3.05) is 27.2 Å². The third-order valence-electron chi connectivity index (χ3n) is 3.79. The second-order valence-electron chi connectivity index (χ2n) is 5.39. The predicted molar refractivity (Wildman–Crippen MR) is 78.0 cm³/mol. The number of likely N-dealkylation sites (N-methyl/N-ethyl adjacent to an activating group) is 1. The molecule has 0 radical (unpaired) electrons. The lowest BCUT2D eigenvalue weighted by atomic mass is 10.0. The zero-order valence-corrected chi connectivity index (χ0v) is 12.9. The van der Waals surface area contributed by atoms with Crippen molar-refractivity contribution >= 4 is 10.0 Å². The number of sulfonamides is 1. The molecular weight excluding hydrogens is 290 g/mol. The van der Waals surface area contributed by atoms with Gasteiger partial charge in [-0.25, -0.2) is 8.42 Å². The highest BCUT2D eigenvalue weighted by Crippen LogP contribution is 2.22. The van der Waals surface area contributed by atoms with E-state index in [0.29, 0.717) is 18.5 Å². The van der Waals surface area contributed by atoms with Crippen LogP contribution in [0, 0.1) is 11.3 Å². The van der Waals surface area contributed by atoms with Crippen molar-refractivity contribution in [2.45, 2.75) is 23.5 Å². The summed E-state index contributed by atoms with van der Waals surface area (Å²) in [7, 11) is 0.124. The first kappa shape index (κ1) is 15.9. The largest absolute Gasteiger partial charge is 0.390 e. The van der Waals surface area contributed by atoms with Gasteiger partial charge >= 0.3 is 0 Å². The maximum Gasteiger partial charge on any atom is 0.243 e. The third-order valence-corrected chi connectivity index (χ3v) is 5.67. The van der Waals surface area contributed by atoms with Gasteiger partial charge in [0.2, 0.25) is 10.0 Å². The second-order valence-corrected chi connectivity index (χ2v) is 7.32. The summed E-state index contributed by atoms with van der Waals surface area (Å²) in [4.78, 5) is 2.06. The Kier molecular flexibility index (Phi) is 4.64. The predicted octanol–water partition coefficient (Wildman–Crippen LogP) is 0.244. The van der Waals surface area contributed by atoms with Gasteiger partial charge in [0.1, 0.15) is 0 Å². The standard InChI is InChI=1S/C14H19N3O3S/c1-16(2)13-7-8-17(10-14(13)18)21(19,20)12-5-3-11(9-15)4-6-12/h3-6,13-14,18H,7-8,10H2,1-2H3/t13-,14-/m0/s1. The fraction of sp³-hybridized carbons (Fsp3) is 0.500. The van der Waals surface area contributed by atoms with Crippen LogP contribution in [-0.4, -0.2) is 62.1 Å². The van der Waals surface area contributed by atoms with Crippen LogP contribution in [-0.2, 0) is 10.0 Å². The minimum absolute atomic E-state index is 0.0302. The topological polar surface area (TPSA) is 84.6 Å². The molecule has 7 heteroatoms. The van der Waals surface area contributed by atoms with Crippen molar-refractivity contribution in [1.82, 2.24) is 9.21 Å². The van der Waals surface area contributed by atoms with Crippen molar-refractivity contribution < 1.29 is 13.5 Å². The van der Waals surface area contributed by atoms with Gasteiger partial charge in [-0.2, -0.15) is 9.57 Å². The van der Waals surface area contributed by atoms with Crippen LogP contribution in [0.25, 0.3) is 0 Å². The molecule has 6 nitrogen and oxygen atoms in total. The number of aliphatic hydroxyl groups excluding tert-OH is 1. The number of nitriles is 1. The number of aliphatic hydroxyl groups is 1. The monoisotopic (exact) mass is 309 g/mol. The van der Waals surface area contributed by atoms with Gasteiger partial charge in [-0.3, -0.25) is 0 Å². The van der Waals surface area contributed by atoms with E-state index in [0.717, 1.165) is 0 Å². The van der Waals surface area contributed by atoms with Crippen LogP contribution < -0.4 is 0 Å². The molecule has 1 aliphatic rings. The van der Waals surface area contributed by atoms with Gasteiger partial charge in [-0.05, 0) is 44.8 Å². The molecule has 2 atom stereocenters. The summed E-state index contributed by atoms with van der Waals surface area (Å²) >= 11 is 0. The lowest BCUT2D eigenvalue weighted by Crippen LogP contribution is -2.53. The van der Waals surface area contributed by atoms with Gasteiger partial charge in [-0.15, -0.1) is 0 Å². The highest BCUT2D eigenvalue weighted by atomic mass is 32.2. The molecule has 1 N–H and O–H groups in total. The molecule has 21 heavy (non-hydrogen) atoms. The number of nitrogens with zero attached hydrogens (tertiary/aromatic N) is 3. The molecule has 1 aromatic carbocycles. The Hall–Kier alpha value is -1.46. The molecule has 0 bridgehead atoms. The zero-order chi connectivity index (χ0) is 15.6. The Labute approximate surface area is 125 Å². The Morgan fingerprint density at radius 1 is 1.33 bits per heavy atom. The molecule has 1 aromatic rings. The molecule has 0 spiro atoms. The average molecular weight is 309 g/mol. The molecule has 0 unspecified atom stereocenters. The lowest BCUT2D eigenvalue weighted by molar-refractivity contribution is 0.0291. The second kappa shape index (κ2) is 6.12. The number of rotatable bonds is 3. The molecule has 114 valence electrons. The van der Waals surface area contributed by atoms with Crippen LogP contribution in [0.2, 0.25) is 0 Å². The minimum atomic E-state index is -3.62. The summed E-state index contributed by atoms with van der Waals surface area (Å²) in [5.74, 6) is 0. The fourth-order valence-electron chi connectivity index (χ4n) is 2.56. The lowest BCUT2D eigenvalue weighted by Gasteiger charge is -2.38. The van der Waals surface area contributed by atoms with Crippen LogP contribution in [0.5, 0.6) is 0 Å². The highest BCUT2D eigenvalue weighted by Gasteiger charge is 2.35. The van der Waals surface area contributed by atoms with E-state index >= 15 is 0 Å². The number of benzene rings is 1. The van der Waals surface area contributed by atoms with Crippen molar-refractivity contribution in [3.8, 4) is 6.07 Å². The van der Waals surface area contributed by atoms with Gasteiger partial charge in [0, 0.05) is 19.1 Å². The summed E-state index contributed by atoms with van der Waals surface area (Å²) in [5, 5.41) is 18.9. The summed E-state index contributed by atoms with van der Waals surface area (Å²) in [6, 6.07) is 7.75. The van der Waals surface area contributed by atoms with Crippen molar-refractivity contribution in [1.29, 1.82) is 5.26 Å². The van der Waals surface area contributed by atoms with Gasteiger partial charge in [-0.1, -0.05) is 0 Å². The van der Waals surface area contributed by atoms with Crippen molar-refractivity contribution in [2.24, 2.45) is 0 Å². The smallest absolute Gasteiger partial charge is 0.243 e. The normalized spacial score (nSPS) is 24.0. The van der Waals surface area contributed by atoms with Gasteiger partial charge < -0.3 is 10.0 Å². The third kappa shape index (κ3) is 3.24. The van der Waals surface area contributed by atoms with Crippen molar-refractivity contribution in [3.63, 3.8) is 0 Å². The number of hydrogen-bond donors (Lipinski definition) is 1. The van der Waals surface area contributed by atoms with E-state index in [9.17, 15) is 13.5 Å².